The molecule has 0 unspecified atom stereocenters. The minimum absolute atomic E-state index is 0.183. The molecule has 1 aliphatic carbocycles. The number of ether oxygens (including phenoxy) is 2. The van der Waals surface area contributed by atoms with Gasteiger partial charge in [0, 0.05) is 10.9 Å². The molecule has 27 heavy (non-hydrogen) atoms. The van der Waals surface area contributed by atoms with Crippen LogP contribution >= 0.6 is 11.3 Å². The van der Waals surface area contributed by atoms with Crippen LogP contribution in [0.3, 0.4) is 0 Å². The van der Waals surface area contributed by atoms with Gasteiger partial charge in [-0.1, -0.05) is 6.07 Å². The minimum Gasteiger partial charge on any atom is -0.497 e. The van der Waals surface area contributed by atoms with Crippen LogP contribution in [-0.2, 0) is 24.2 Å². The first-order valence-corrected chi connectivity index (χ1v) is 9.98. The van der Waals surface area contributed by atoms with E-state index in [1.165, 1.54) is 35.3 Å². The van der Waals surface area contributed by atoms with Crippen molar-refractivity contribution in [3.8, 4) is 16.3 Å². The molecule has 0 saturated heterocycles. The zero-order valence-corrected chi connectivity index (χ0v) is 16.1. The van der Waals surface area contributed by atoms with Crippen LogP contribution in [-0.4, -0.2) is 18.1 Å². The summed E-state index contributed by atoms with van der Waals surface area (Å²) in [6, 6.07) is 13.7. The largest absolute Gasteiger partial charge is 0.497 e. The number of fused-ring (bicyclic) bond motifs is 1. The zero-order chi connectivity index (χ0) is 18.6. The van der Waals surface area contributed by atoms with Crippen molar-refractivity contribution in [3.05, 3.63) is 70.2 Å². The van der Waals surface area contributed by atoms with Crippen molar-refractivity contribution in [1.29, 1.82) is 0 Å². The van der Waals surface area contributed by atoms with E-state index in [0.717, 1.165) is 34.9 Å². The summed E-state index contributed by atoms with van der Waals surface area (Å²) >= 11 is 1.54. The summed E-state index contributed by atoms with van der Waals surface area (Å²) in [6.07, 6.45) is 4.58. The molecule has 0 fully saturated rings. The molecule has 0 N–H and O–H groups in total. The maximum absolute atomic E-state index is 12.4. The number of thiazole rings is 1. The lowest BCUT2D eigenvalue weighted by atomic mass is 9.90. The summed E-state index contributed by atoms with van der Waals surface area (Å²) in [4.78, 5) is 17.0. The van der Waals surface area contributed by atoms with Gasteiger partial charge >= 0.3 is 5.97 Å². The summed E-state index contributed by atoms with van der Waals surface area (Å²) in [5.74, 6) is 0.525. The molecule has 4 nitrogen and oxygen atoms in total. The Morgan fingerprint density at radius 1 is 1.07 bits per heavy atom. The third kappa shape index (κ3) is 4.03. The van der Waals surface area contributed by atoms with E-state index in [2.05, 4.69) is 11.1 Å². The van der Waals surface area contributed by atoms with Crippen LogP contribution in [0.4, 0.5) is 0 Å². The maximum atomic E-state index is 12.4. The lowest BCUT2D eigenvalue weighted by molar-refractivity contribution is 0.0468. The van der Waals surface area contributed by atoms with E-state index in [0.29, 0.717) is 5.56 Å². The average Bonchev–Trinajstić information content (AvgIpc) is 3.21. The number of aromatic nitrogens is 1. The van der Waals surface area contributed by atoms with Crippen LogP contribution in [0, 0.1) is 0 Å². The number of rotatable bonds is 5. The highest BCUT2D eigenvalue weighted by atomic mass is 32.1. The summed E-state index contributed by atoms with van der Waals surface area (Å²) < 4.78 is 10.7. The summed E-state index contributed by atoms with van der Waals surface area (Å²) in [6.45, 7) is 0.183. The van der Waals surface area contributed by atoms with Crippen molar-refractivity contribution in [2.24, 2.45) is 0 Å². The van der Waals surface area contributed by atoms with Gasteiger partial charge < -0.3 is 9.47 Å². The summed E-state index contributed by atoms with van der Waals surface area (Å²) in [5.41, 5.74) is 5.05. The number of aryl methyl sites for hydroxylation is 2. The highest BCUT2D eigenvalue weighted by molar-refractivity contribution is 7.13. The molecule has 0 radical (unpaired) electrons. The molecule has 0 saturated carbocycles. The number of esters is 1. The fourth-order valence-electron chi connectivity index (χ4n) is 3.32. The monoisotopic (exact) mass is 379 g/mol. The molecule has 0 aliphatic heterocycles. The minimum atomic E-state index is -0.289. The van der Waals surface area contributed by atoms with Gasteiger partial charge in [-0.25, -0.2) is 9.78 Å². The van der Waals surface area contributed by atoms with E-state index in [-0.39, 0.29) is 12.6 Å². The van der Waals surface area contributed by atoms with Gasteiger partial charge in [0.15, 0.2) is 0 Å². The summed E-state index contributed by atoms with van der Waals surface area (Å²) in [5, 5.41) is 2.83. The molecular formula is C22H21NO3S. The third-order valence-corrected chi connectivity index (χ3v) is 5.76. The Morgan fingerprint density at radius 3 is 2.63 bits per heavy atom. The topological polar surface area (TPSA) is 48.4 Å². The van der Waals surface area contributed by atoms with Crippen LogP contribution in [0.15, 0.2) is 47.8 Å². The Labute approximate surface area is 162 Å². The molecule has 0 spiro atoms. The zero-order valence-electron chi connectivity index (χ0n) is 15.2. The Hall–Kier alpha value is -2.66. The molecule has 1 aliphatic rings. The van der Waals surface area contributed by atoms with Gasteiger partial charge in [0.2, 0.25) is 0 Å². The van der Waals surface area contributed by atoms with Gasteiger partial charge in [-0.2, -0.15) is 0 Å². The van der Waals surface area contributed by atoms with Gasteiger partial charge in [0.05, 0.1) is 18.4 Å². The van der Waals surface area contributed by atoms with Crippen molar-refractivity contribution in [2.75, 3.05) is 7.11 Å². The first-order chi connectivity index (χ1) is 13.2. The molecule has 0 bridgehead atoms. The van der Waals surface area contributed by atoms with E-state index in [1.54, 1.807) is 7.11 Å². The van der Waals surface area contributed by atoms with E-state index in [9.17, 15) is 4.79 Å². The quantitative estimate of drug-likeness (QED) is 0.582. The first-order valence-electron chi connectivity index (χ1n) is 9.11. The molecule has 3 aromatic rings. The number of carbonyl (C=O) groups is 1. The van der Waals surface area contributed by atoms with Crippen LogP contribution in [0.2, 0.25) is 0 Å². The fourth-order valence-corrected chi connectivity index (χ4v) is 4.13. The lowest BCUT2D eigenvalue weighted by Gasteiger charge is -2.16. The molecule has 5 heteroatoms. The predicted molar refractivity (Wildman–Crippen MR) is 106 cm³/mol. The molecule has 138 valence electrons. The van der Waals surface area contributed by atoms with Crippen LogP contribution in [0.5, 0.6) is 5.75 Å². The first kappa shape index (κ1) is 17.7. The molecule has 0 atom stereocenters. The number of nitrogens with zero attached hydrogens (tertiary/aromatic N) is 1. The van der Waals surface area contributed by atoms with Crippen molar-refractivity contribution < 1.29 is 14.3 Å². The highest BCUT2D eigenvalue weighted by Gasteiger charge is 2.14. The number of hydrogen-bond acceptors (Lipinski definition) is 5. The number of hydrogen-bond donors (Lipinski definition) is 0. The average molecular weight is 379 g/mol. The maximum Gasteiger partial charge on any atom is 0.338 e. The molecule has 4 rings (SSSR count). The van der Waals surface area contributed by atoms with Crippen LogP contribution in [0.25, 0.3) is 10.6 Å². The normalized spacial score (nSPS) is 13.1. The fraction of sp³-hybridized carbons (Fsp3) is 0.273. The Morgan fingerprint density at radius 2 is 1.85 bits per heavy atom. The highest BCUT2D eigenvalue weighted by Crippen LogP contribution is 2.26. The van der Waals surface area contributed by atoms with Crippen LogP contribution in [0.1, 0.15) is 40.0 Å². The van der Waals surface area contributed by atoms with Crippen molar-refractivity contribution >= 4 is 17.3 Å². The van der Waals surface area contributed by atoms with E-state index >= 15 is 0 Å². The second-order valence-electron chi connectivity index (χ2n) is 6.64. The van der Waals surface area contributed by atoms with Crippen LogP contribution < -0.4 is 4.74 Å². The summed E-state index contributed by atoms with van der Waals surface area (Å²) in [7, 11) is 1.65. The predicted octanol–water partition coefficient (Wildman–Crippen LogP) is 5.05. The number of carbonyl (C=O) groups excluding carboxylic acids is 1. The molecule has 0 amide bonds. The van der Waals surface area contributed by atoms with Gasteiger partial charge in [0.25, 0.3) is 0 Å². The third-order valence-electron chi connectivity index (χ3n) is 4.82. The molecule has 1 aromatic heterocycles. The number of benzene rings is 2. The smallest absolute Gasteiger partial charge is 0.338 e. The van der Waals surface area contributed by atoms with E-state index in [4.69, 9.17) is 9.47 Å². The molecule has 2 aromatic carbocycles. The standard InChI is InChI=1S/C22H21NO3S/c1-25-20-10-8-16(9-11-20)21-23-19(14-27-21)13-26-22(24)18-7-6-15-4-2-3-5-17(15)12-18/h6-12,14H,2-5,13H2,1H3. The van der Waals surface area contributed by atoms with Gasteiger partial charge in [-0.15, -0.1) is 11.3 Å². The SMILES string of the molecule is COc1ccc(-c2nc(COC(=O)c3ccc4c(c3)CCCC4)cs2)cc1. The number of methoxy groups -OCH3 is 1. The Bertz CT molecular complexity index is 946. The molecular weight excluding hydrogens is 358 g/mol. The van der Waals surface area contributed by atoms with Gasteiger partial charge in [0.1, 0.15) is 17.4 Å². The van der Waals surface area contributed by atoms with Crippen molar-refractivity contribution in [1.82, 2.24) is 4.98 Å². The van der Waals surface area contributed by atoms with Crippen molar-refractivity contribution in [3.63, 3.8) is 0 Å². The lowest BCUT2D eigenvalue weighted by Crippen LogP contribution is -2.09. The molecule has 1 heterocycles. The van der Waals surface area contributed by atoms with Gasteiger partial charge in [-0.05, 0) is 73.2 Å². The van der Waals surface area contributed by atoms with Gasteiger partial charge in [-0.3, -0.25) is 0 Å². The Kier molecular flexibility index (Phi) is 5.21. The van der Waals surface area contributed by atoms with Crippen molar-refractivity contribution in [2.45, 2.75) is 32.3 Å². The Balaban J connectivity index is 1.40. The van der Waals surface area contributed by atoms with E-state index in [1.807, 2.05) is 41.8 Å². The second kappa shape index (κ2) is 7.92. The van der Waals surface area contributed by atoms with E-state index < -0.39 is 0 Å². The second-order valence-corrected chi connectivity index (χ2v) is 7.50.